The quantitative estimate of drug-likeness (QED) is 0.468. The van der Waals surface area contributed by atoms with Gasteiger partial charge in [-0.1, -0.05) is 47.1 Å². The predicted octanol–water partition coefficient (Wildman–Crippen LogP) is 5.70. The molecule has 138 valence electrons. The van der Waals surface area contributed by atoms with E-state index < -0.39 is 0 Å². The molecule has 0 aliphatic rings. The smallest absolute Gasteiger partial charge is 0.323 e. The van der Waals surface area contributed by atoms with Crippen molar-refractivity contribution in [2.75, 3.05) is 10.6 Å². The molecule has 0 atom stereocenters. The number of hydrogen-bond acceptors (Lipinski definition) is 4. The van der Waals surface area contributed by atoms with Crippen LogP contribution < -0.4 is 10.6 Å². The number of rotatable bonds is 4. The van der Waals surface area contributed by atoms with Crippen LogP contribution in [0.1, 0.15) is 0 Å². The van der Waals surface area contributed by atoms with Crippen LogP contribution in [0.15, 0.2) is 83.4 Å². The topological polar surface area (TPSA) is 80.0 Å². The summed E-state index contributed by atoms with van der Waals surface area (Å²) in [6.45, 7) is 0. The average molecular weight is 391 g/mol. The van der Waals surface area contributed by atoms with Crippen molar-refractivity contribution in [1.82, 2.24) is 10.1 Å². The summed E-state index contributed by atoms with van der Waals surface area (Å²) < 4.78 is 5.41. The Labute approximate surface area is 166 Å². The first-order valence-corrected chi connectivity index (χ1v) is 8.89. The van der Waals surface area contributed by atoms with E-state index in [1.54, 1.807) is 24.3 Å². The van der Waals surface area contributed by atoms with Gasteiger partial charge in [0.2, 0.25) is 5.82 Å². The Hall–Kier alpha value is -3.64. The molecule has 28 heavy (non-hydrogen) atoms. The molecule has 1 aromatic heterocycles. The van der Waals surface area contributed by atoms with E-state index in [0.29, 0.717) is 33.7 Å². The number of benzene rings is 3. The van der Waals surface area contributed by atoms with E-state index >= 15 is 0 Å². The number of nitrogens with one attached hydrogen (secondary N) is 2. The second kappa shape index (κ2) is 7.94. The maximum Gasteiger partial charge on any atom is 0.323 e. The highest BCUT2D eigenvalue weighted by Crippen LogP contribution is 2.29. The van der Waals surface area contributed by atoms with Crippen molar-refractivity contribution in [3.05, 3.63) is 83.9 Å². The molecular weight excluding hydrogens is 376 g/mol. The lowest BCUT2D eigenvalue weighted by Gasteiger charge is -2.09. The zero-order valence-corrected chi connectivity index (χ0v) is 15.4. The molecule has 0 radical (unpaired) electrons. The summed E-state index contributed by atoms with van der Waals surface area (Å²) in [5.41, 5.74) is 2.66. The molecule has 4 aromatic rings. The summed E-state index contributed by atoms with van der Waals surface area (Å²) in [4.78, 5) is 16.8. The normalized spacial score (nSPS) is 10.5. The van der Waals surface area contributed by atoms with Gasteiger partial charge in [-0.05, 0) is 48.5 Å². The Morgan fingerprint density at radius 3 is 2.36 bits per heavy atom. The van der Waals surface area contributed by atoms with E-state index in [2.05, 4.69) is 20.8 Å². The fourth-order valence-corrected chi connectivity index (χ4v) is 2.76. The molecule has 2 N–H and O–H groups in total. The van der Waals surface area contributed by atoms with Crippen LogP contribution in [0.3, 0.4) is 0 Å². The van der Waals surface area contributed by atoms with Gasteiger partial charge < -0.3 is 15.2 Å². The van der Waals surface area contributed by atoms with Gasteiger partial charge in [-0.25, -0.2) is 4.79 Å². The molecule has 3 aromatic carbocycles. The van der Waals surface area contributed by atoms with Gasteiger partial charge in [-0.3, -0.25) is 0 Å². The number of aromatic nitrogens is 2. The summed E-state index contributed by atoms with van der Waals surface area (Å²) in [6.07, 6.45) is 0. The molecule has 0 aliphatic heterocycles. The number of para-hydroxylation sites is 2. The van der Waals surface area contributed by atoms with Gasteiger partial charge >= 0.3 is 6.03 Å². The minimum Gasteiger partial charge on any atom is -0.334 e. The van der Waals surface area contributed by atoms with Crippen LogP contribution in [0.2, 0.25) is 5.02 Å². The third-order valence-electron chi connectivity index (χ3n) is 3.97. The van der Waals surface area contributed by atoms with Gasteiger partial charge in [0.05, 0.1) is 11.3 Å². The molecule has 0 bridgehead atoms. The molecule has 7 heteroatoms. The number of anilines is 2. The SMILES string of the molecule is O=C(Nc1ccccc1)Nc1ccccc1-c1nc(-c2ccc(Cl)cc2)no1. The monoisotopic (exact) mass is 390 g/mol. The van der Waals surface area contributed by atoms with Crippen LogP contribution in [0.4, 0.5) is 16.2 Å². The van der Waals surface area contributed by atoms with Crippen LogP contribution in [0.5, 0.6) is 0 Å². The lowest BCUT2D eigenvalue weighted by atomic mass is 10.1. The first-order chi connectivity index (χ1) is 13.7. The van der Waals surface area contributed by atoms with Gasteiger partial charge in [0, 0.05) is 16.3 Å². The van der Waals surface area contributed by atoms with Gasteiger partial charge in [0.15, 0.2) is 0 Å². The van der Waals surface area contributed by atoms with Crippen LogP contribution in [0, 0.1) is 0 Å². The molecule has 0 aliphatic carbocycles. The van der Waals surface area contributed by atoms with Crippen molar-refractivity contribution in [1.29, 1.82) is 0 Å². The first kappa shape index (κ1) is 17.8. The number of carbonyl (C=O) groups is 1. The number of carbonyl (C=O) groups excluding carboxylic acids is 1. The maximum atomic E-state index is 12.3. The van der Waals surface area contributed by atoms with E-state index in [1.807, 2.05) is 54.6 Å². The zero-order valence-electron chi connectivity index (χ0n) is 14.6. The van der Waals surface area contributed by atoms with E-state index in [-0.39, 0.29) is 6.03 Å². The summed E-state index contributed by atoms with van der Waals surface area (Å²) in [7, 11) is 0. The summed E-state index contributed by atoms with van der Waals surface area (Å²) in [5, 5.41) is 10.2. The van der Waals surface area contributed by atoms with Crippen molar-refractivity contribution in [2.24, 2.45) is 0 Å². The highest BCUT2D eigenvalue weighted by molar-refractivity contribution is 6.30. The van der Waals surface area contributed by atoms with E-state index in [1.165, 1.54) is 0 Å². The highest BCUT2D eigenvalue weighted by Gasteiger charge is 2.15. The van der Waals surface area contributed by atoms with Crippen molar-refractivity contribution in [3.8, 4) is 22.8 Å². The molecular formula is C21H15ClN4O2. The van der Waals surface area contributed by atoms with Gasteiger partial charge in [-0.15, -0.1) is 0 Å². The predicted molar refractivity (Wildman–Crippen MR) is 109 cm³/mol. The van der Waals surface area contributed by atoms with Gasteiger partial charge in [0.25, 0.3) is 5.89 Å². The van der Waals surface area contributed by atoms with E-state index in [0.717, 1.165) is 5.56 Å². The highest BCUT2D eigenvalue weighted by atomic mass is 35.5. The molecule has 2 amide bonds. The molecule has 0 saturated carbocycles. The van der Waals surface area contributed by atoms with Crippen LogP contribution in [0.25, 0.3) is 22.8 Å². The second-order valence-electron chi connectivity index (χ2n) is 5.92. The third kappa shape index (κ3) is 4.02. The Morgan fingerprint density at radius 1 is 0.857 bits per heavy atom. The summed E-state index contributed by atoms with van der Waals surface area (Å²) in [6, 6.07) is 23.2. The second-order valence-corrected chi connectivity index (χ2v) is 6.36. The van der Waals surface area contributed by atoms with Crippen LogP contribution >= 0.6 is 11.6 Å². The Balaban J connectivity index is 1.56. The Bertz CT molecular complexity index is 1090. The third-order valence-corrected chi connectivity index (χ3v) is 4.22. The average Bonchev–Trinajstić information content (AvgIpc) is 3.19. The van der Waals surface area contributed by atoms with Crippen LogP contribution in [-0.2, 0) is 0 Å². The van der Waals surface area contributed by atoms with Crippen LogP contribution in [-0.4, -0.2) is 16.2 Å². The van der Waals surface area contributed by atoms with Crippen molar-refractivity contribution in [2.45, 2.75) is 0 Å². The molecule has 0 unspecified atom stereocenters. The standard InChI is InChI=1S/C21H15ClN4O2/c22-15-12-10-14(11-13-15)19-25-20(28-26-19)17-8-4-5-9-18(17)24-21(27)23-16-6-2-1-3-7-16/h1-13H,(H2,23,24,27). The lowest BCUT2D eigenvalue weighted by Crippen LogP contribution is -2.19. The van der Waals surface area contributed by atoms with E-state index in [4.69, 9.17) is 16.1 Å². The molecule has 0 spiro atoms. The van der Waals surface area contributed by atoms with E-state index in [9.17, 15) is 4.79 Å². The minimum absolute atomic E-state index is 0.306. The van der Waals surface area contributed by atoms with Gasteiger partial charge in [-0.2, -0.15) is 4.98 Å². The molecule has 0 fully saturated rings. The maximum absolute atomic E-state index is 12.3. The Morgan fingerprint density at radius 2 is 1.57 bits per heavy atom. The Kier molecular flexibility index (Phi) is 5.03. The minimum atomic E-state index is -0.365. The van der Waals surface area contributed by atoms with Crippen molar-refractivity contribution < 1.29 is 9.32 Å². The molecule has 0 saturated heterocycles. The number of amides is 2. The number of urea groups is 1. The number of halogens is 1. The fourth-order valence-electron chi connectivity index (χ4n) is 2.63. The van der Waals surface area contributed by atoms with Gasteiger partial charge in [0.1, 0.15) is 0 Å². The number of nitrogens with zero attached hydrogens (tertiary/aromatic N) is 2. The van der Waals surface area contributed by atoms with Crippen molar-refractivity contribution in [3.63, 3.8) is 0 Å². The van der Waals surface area contributed by atoms with Crippen molar-refractivity contribution >= 4 is 29.0 Å². The molecule has 1 heterocycles. The zero-order chi connectivity index (χ0) is 19.3. The molecule has 6 nitrogen and oxygen atoms in total. The molecule has 4 rings (SSSR count). The summed E-state index contributed by atoms with van der Waals surface area (Å²) in [5.74, 6) is 0.746. The number of hydrogen-bond donors (Lipinski definition) is 2. The largest absolute Gasteiger partial charge is 0.334 e. The fraction of sp³-hybridized carbons (Fsp3) is 0. The lowest BCUT2D eigenvalue weighted by molar-refractivity contribution is 0.262. The first-order valence-electron chi connectivity index (χ1n) is 8.51. The summed E-state index contributed by atoms with van der Waals surface area (Å²) >= 11 is 5.92.